The van der Waals surface area contributed by atoms with E-state index >= 15 is 0 Å². The van der Waals surface area contributed by atoms with Crippen LogP contribution in [0.3, 0.4) is 0 Å². The molecule has 7 heteroatoms. The largest absolute Gasteiger partial charge is 0.391 e. The molecule has 0 atom stereocenters. The molecule has 0 radical (unpaired) electrons. The number of aliphatic hydroxyl groups excluding tert-OH is 1. The highest BCUT2D eigenvalue weighted by Crippen LogP contribution is 2.31. The highest BCUT2D eigenvalue weighted by Gasteiger charge is 2.20. The maximum Gasteiger partial charge on any atom is 0.242 e. The van der Waals surface area contributed by atoms with Gasteiger partial charge in [-0.25, -0.2) is 13.1 Å². The number of aliphatic hydroxyl groups is 1. The lowest BCUT2D eigenvalue weighted by Gasteiger charge is -2.07. The summed E-state index contributed by atoms with van der Waals surface area (Å²) in [4.78, 5) is 0.794. The molecule has 0 aliphatic rings. The fourth-order valence-corrected chi connectivity index (χ4v) is 5.52. The lowest BCUT2D eigenvalue weighted by atomic mass is 10.1. The van der Waals surface area contributed by atoms with Gasteiger partial charge in [0.15, 0.2) is 0 Å². The Balaban J connectivity index is 2.05. The van der Waals surface area contributed by atoms with Crippen molar-refractivity contribution < 1.29 is 13.5 Å². The number of sulfonamides is 1. The minimum absolute atomic E-state index is 0.165. The second kappa shape index (κ2) is 7.02. The molecule has 1 heterocycles. The highest BCUT2D eigenvalue weighted by molar-refractivity contribution is 9.11. The number of halogens is 1. The molecule has 0 bridgehead atoms. The van der Waals surface area contributed by atoms with Crippen molar-refractivity contribution in [2.75, 3.05) is 6.54 Å². The van der Waals surface area contributed by atoms with Crippen LogP contribution < -0.4 is 4.72 Å². The Labute approximate surface area is 137 Å². The Morgan fingerprint density at radius 1 is 1.33 bits per heavy atom. The Morgan fingerprint density at radius 3 is 2.67 bits per heavy atom. The minimum atomic E-state index is -3.56. The zero-order valence-electron chi connectivity index (χ0n) is 11.5. The van der Waals surface area contributed by atoms with Gasteiger partial charge in [0.2, 0.25) is 10.0 Å². The van der Waals surface area contributed by atoms with Crippen LogP contribution in [0.2, 0.25) is 0 Å². The first-order valence-corrected chi connectivity index (χ1v) is 9.46. The summed E-state index contributed by atoms with van der Waals surface area (Å²) >= 11 is 4.45. The molecule has 4 nitrogen and oxygen atoms in total. The van der Waals surface area contributed by atoms with Crippen molar-refractivity contribution in [3.63, 3.8) is 0 Å². The molecule has 0 amide bonds. The summed E-state index contributed by atoms with van der Waals surface area (Å²) in [6.45, 7) is 2.18. The highest BCUT2D eigenvalue weighted by atomic mass is 79.9. The predicted molar refractivity (Wildman–Crippen MR) is 88.0 cm³/mol. The maximum absolute atomic E-state index is 12.2. The van der Waals surface area contributed by atoms with Gasteiger partial charge < -0.3 is 5.11 Å². The summed E-state index contributed by atoms with van der Waals surface area (Å²) in [5.41, 5.74) is 2.27. The molecule has 0 saturated carbocycles. The van der Waals surface area contributed by atoms with Crippen LogP contribution in [-0.2, 0) is 23.1 Å². The van der Waals surface area contributed by atoms with Crippen LogP contribution in [-0.4, -0.2) is 20.1 Å². The number of aryl methyl sites for hydroxylation is 1. The third-order valence-electron chi connectivity index (χ3n) is 3.10. The molecule has 0 fully saturated rings. The fraction of sp³-hybridized carbons (Fsp3) is 0.286. The molecule has 0 spiro atoms. The van der Waals surface area contributed by atoms with Crippen molar-refractivity contribution in [3.8, 4) is 0 Å². The van der Waals surface area contributed by atoms with Crippen LogP contribution in [0.25, 0.3) is 0 Å². The summed E-state index contributed by atoms with van der Waals surface area (Å²) < 4.78 is 27.6. The molecule has 0 aliphatic carbocycles. The van der Waals surface area contributed by atoms with E-state index in [1.165, 1.54) is 17.4 Å². The molecule has 1 aromatic carbocycles. The van der Waals surface area contributed by atoms with Crippen LogP contribution in [0.1, 0.15) is 16.0 Å². The van der Waals surface area contributed by atoms with Gasteiger partial charge in [0.1, 0.15) is 4.90 Å². The lowest BCUT2D eigenvalue weighted by molar-refractivity contribution is 0.285. The number of hydrogen-bond acceptors (Lipinski definition) is 4. The van der Waals surface area contributed by atoms with E-state index in [-0.39, 0.29) is 11.5 Å². The average Bonchev–Trinajstić information content (AvgIpc) is 2.83. The SMILES string of the molecule is Cc1ccccc1CCNS(=O)(=O)c1cc(CO)sc1Br. The van der Waals surface area contributed by atoms with E-state index < -0.39 is 10.0 Å². The van der Waals surface area contributed by atoms with E-state index in [4.69, 9.17) is 5.11 Å². The van der Waals surface area contributed by atoms with Gasteiger partial charge in [-0.3, -0.25) is 0 Å². The monoisotopic (exact) mass is 389 g/mol. The van der Waals surface area contributed by atoms with E-state index in [0.29, 0.717) is 21.6 Å². The molecule has 2 N–H and O–H groups in total. The average molecular weight is 390 g/mol. The van der Waals surface area contributed by atoms with E-state index in [1.54, 1.807) is 0 Å². The molecule has 114 valence electrons. The summed E-state index contributed by atoms with van der Waals surface area (Å²) in [7, 11) is -3.56. The Bertz CT molecular complexity index is 726. The van der Waals surface area contributed by atoms with Gasteiger partial charge in [-0.2, -0.15) is 0 Å². The number of rotatable bonds is 6. The zero-order chi connectivity index (χ0) is 15.5. The first-order chi connectivity index (χ1) is 9.94. The normalized spacial score (nSPS) is 11.8. The van der Waals surface area contributed by atoms with Crippen molar-refractivity contribution >= 4 is 37.3 Å². The second-order valence-electron chi connectivity index (χ2n) is 4.58. The molecular formula is C14H16BrNO3S2. The van der Waals surface area contributed by atoms with Crippen molar-refractivity contribution in [3.05, 3.63) is 50.1 Å². The fourth-order valence-electron chi connectivity index (χ4n) is 1.95. The Hall–Kier alpha value is -0.730. The molecule has 2 aromatic rings. The molecule has 2 rings (SSSR count). The smallest absolute Gasteiger partial charge is 0.242 e. The third kappa shape index (κ3) is 4.14. The van der Waals surface area contributed by atoms with Crippen LogP contribution in [0.5, 0.6) is 0 Å². The van der Waals surface area contributed by atoms with Gasteiger partial charge in [0.05, 0.1) is 10.4 Å². The first-order valence-electron chi connectivity index (χ1n) is 6.37. The van der Waals surface area contributed by atoms with E-state index in [1.807, 2.05) is 31.2 Å². The van der Waals surface area contributed by atoms with Gasteiger partial charge in [0, 0.05) is 11.4 Å². The minimum Gasteiger partial charge on any atom is -0.391 e. The van der Waals surface area contributed by atoms with E-state index in [0.717, 1.165) is 11.1 Å². The summed E-state index contributed by atoms with van der Waals surface area (Å²) in [5.74, 6) is 0. The maximum atomic E-state index is 12.2. The second-order valence-corrected chi connectivity index (χ2v) is 8.77. The van der Waals surface area contributed by atoms with Crippen LogP contribution in [0, 0.1) is 6.92 Å². The molecule has 0 saturated heterocycles. The molecule has 0 aliphatic heterocycles. The van der Waals surface area contributed by atoms with Gasteiger partial charge >= 0.3 is 0 Å². The Morgan fingerprint density at radius 2 is 2.05 bits per heavy atom. The number of nitrogens with one attached hydrogen (secondary N) is 1. The van der Waals surface area contributed by atoms with Crippen molar-refractivity contribution in [1.29, 1.82) is 0 Å². The Kier molecular flexibility index (Phi) is 5.56. The summed E-state index contributed by atoms with van der Waals surface area (Å²) in [5, 5.41) is 9.07. The lowest BCUT2D eigenvalue weighted by Crippen LogP contribution is -2.26. The van der Waals surface area contributed by atoms with Crippen molar-refractivity contribution in [2.45, 2.75) is 24.8 Å². The topological polar surface area (TPSA) is 66.4 Å². The van der Waals surface area contributed by atoms with Crippen molar-refractivity contribution in [1.82, 2.24) is 4.72 Å². The summed E-state index contributed by atoms with van der Waals surface area (Å²) in [6, 6.07) is 9.40. The van der Waals surface area contributed by atoms with Gasteiger partial charge in [-0.05, 0) is 46.5 Å². The van der Waals surface area contributed by atoms with Crippen LogP contribution in [0.4, 0.5) is 0 Å². The van der Waals surface area contributed by atoms with E-state index in [9.17, 15) is 8.42 Å². The summed E-state index contributed by atoms with van der Waals surface area (Å²) in [6.07, 6.45) is 0.639. The first kappa shape index (κ1) is 16.6. The molecular weight excluding hydrogens is 374 g/mol. The third-order valence-corrected chi connectivity index (χ3v) is 6.80. The van der Waals surface area contributed by atoms with Gasteiger partial charge in [-0.1, -0.05) is 24.3 Å². The molecule has 21 heavy (non-hydrogen) atoms. The van der Waals surface area contributed by atoms with E-state index in [2.05, 4.69) is 20.7 Å². The predicted octanol–water partition coefficient (Wildman–Crippen LogP) is 2.83. The number of thiophene rings is 1. The molecule has 1 aromatic heterocycles. The number of benzene rings is 1. The number of hydrogen-bond donors (Lipinski definition) is 2. The van der Waals surface area contributed by atoms with Gasteiger partial charge in [-0.15, -0.1) is 11.3 Å². The van der Waals surface area contributed by atoms with Crippen molar-refractivity contribution in [2.24, 2.45) is 0 Å². The standard InChI is InChI=1S/C14H16BrNO3S2/c1-10-4-2-3-5-11(10)6-7-16-21(18,19)13-8-12(9-17)20-14(13)15/h2-5,8,16-17H,6-7,9H2,1H3. The zero-order valence-corrected chi connectivity index (χ0v) is 14.7. The van der Waals surface area contributed by atoms with Gasteiger partial charge in [0.25, 0.3) is 0 Å². The van der Waals surface area contributed by atoms with Crippen LogP contribution in [0.15, 0.2) is 39.0 Å². The molecule has 0 unspecified atom stereocenters. The van der Waals surface area contributed by atoms with Crippen LogP contribution >= 0.6 is 27.3 Å². The quantitative estimate of drug-likeness (QED) is 0.797.